The fourth-order valence-corrected chi connectivity index (χ4v) is 2.06. The molecule has 2 aromatic rings. The molecule has 2 heterocycles. The summed E-state index contributed by atoms with van der Waals surface area (Å²) in [4.78, 5) is 12.1. The summed E-state index contributed by atoms with van der Waals surface area (Å²) in [6, 6.07) is 4.97. The third kappa shape index (κ3) is 2.76. The quantitative estimate of drug-likeness (QED) is 0.815. The van der Waals surface area contributed by atoms with Crippen molar-refractivity contribution in [1.29, 1.82) is 0 Å². The molecule has 1 aliphatic heterocycles. The monoisotopic (exact) mass is 288 g/mol. The van der Waals surface area contributed by atoms with Gasteiger partial charge in [-0.05, 0) is 6.07 Å². The van der Waals surface area contributed by atoms with Gasteiger partial charge in [0.2, 0.25) is 0 Å². The number of aromatic nitrogens is 2. The van der Waals surface area contributed by atoms with Crippen molar-refractivity contribution in [2.45, 2.75) is 6.42 Å². The number of aryl methyl sites for hydroxylation is 1. The van der Waals surface area contributed by atoms with Gasteiger partial charge in [-0.1, -0.05) is 0 Å². The topological polar surface area (TPSA) is 91.4 Å². The Morgan fingerprint density at radius 3 is 2.71 bits per heavy atom. The molecular weight excluding hydrogens is 272 g/mol. The third-order valence-corrected chi connectivity index (χ3v) is 3.11. The molecule has 21 heavy (non-hydrogen) atoms. The van der Waals surface area contributed by atoms with Crippen molar-refractivity contribution in [3.63, 3.8) is 0 Å². The molecule has 110 valence electrons. The number of benzene rings is 1. The predicted octanol–water partition coefficient (Wildman–Crippen LogP) is 1.42. The van der Waals surface area contributed by atoms with E-state index in [1.807, 2.05) is 0 Å². The zero-order chi connectivity index (χ0) is 14.8. The zero-order valence-electron chi connectivity index (χ0n) is 11.6. The maximum absolute atomic E-state index is 12.1. The van der Waals surface area contributed by atoms with Gasteiger partial charge >= 0.3 is 0 Å². The molecular formula is C14H16N4O3. The number of hydrogen-bond acceptors (Lipinski definition) is 5. The van der Waals surface area contributed by atoms with Crippen LogP contribution in [0.3, 0.4) is 0 Å². The molecule has 7 heteroatoms. The van der Waals surface area contributed by atoms with Gasteiger partial charge in [0.25, 0.3) is 5.91 Å². The van der Waals surface area contributed by atoms with E-state index in [1.165, 1.54) is 0 Å². The smallest absolute Gasteiger partial charge is 0.276 e. The molecule has 0 spiro atoms. The van der Waals surface area contributed by atoms with Crippen LogP contribution in [0, 0.1) is 0 Å². The van der Waals surface area contributed by atoms with E-state index in [2.05, 4.69) is 10.4 Å². The van der Waals surface area contributed by atoms with Crippen LogP contribution >= 0.6 is 0 Å². The summed E-state index contributed by atoms with van der Waals surface area (Å²) in [6.07, 6.45) is 2.51. The highest BCUT2D eigenvalue weighted by molar-refractivity contribution is 6.04. The number of nitrogens with zero attached hydrogens (tertiary/aromatic N) is 2. The van der Waals surface area contributed by atoms with Gasteiger partial charge in [-0.25, -0.2) is 0 Å². The third-order valence-electron chi connectivity index (χ3n) is 3.11. The normalized spacial score (nSPS) is 13.6. The number of ether oxygens (including phenoxy) is 2. The lowest BCUT2D eigenvalue weighted by atomic mass is 10.2. The minimum Gasteiger partial charge on any atom is -0.489 e. The molecule has 7 nitrogen and oxygen atoms in total. The van der Waals surface area contributed by atoms with Crippen LogP contribution in [0.25, 0.3) is 0 Å². The fraction of sp³-hybridized carbons (Fsp3) is 0.286. The van der Waals surface area contributed by atoms with E-state index in [9.17, 15) is 4.79 Å². The van der Waals surface area contributed by atoms with Crippen molar-refractivity contribution < 1.29 is 14.3 Å². The van der Waals surface area contributed by atoms with Gasteiger partial charge in [0.15, 0.2) is 17.2 Å². The maximum atomic E-state index is 12.1. The Bertz CT molecular complexity index is 681. The molecule has 3 rings (SSSR count). The molecule has 0 radical (unpaired) electrons. The second-order valence-corrected chi connectivity index (χ2v) is 4.77. The van der Waals surface area contributed by atoms with Crippen molar-refractivity contribution >= 4 is 17.3 Å². The summed E-state index contributed by atoms with van der Waals surface area (Å²) >= 11 is 0. The number of nitrogen functional groups attached to an aromatic ring is 1. The van der Waals surface area contributed by atoms with Gasteiger partial charge in [-0.3, -0.25) is 9.48 Å². The minimum absolute atomic E-state index is 0.322. The molecule has 1 aromatic carbocycles. The summed E-state index contributed by atoms with van der Waals surface area (Å²) in [5.74, 6) is 0.857. The van der Waals surface area contributed by atoms with E-state index in [0.29, 0.717) is 41.8 Å². The summed E-state index contributed by atoms with van der Waals surface area (Å²) in [5, 5.41) is 6.78. The van der Waals surface area contributed by atoms with Crippen LogP contribution in [0.2, 0.25) is 0 Å². The molecule has 0 fully saturated rings. The van der Waals surface area contributed by atoms with Gasteiger partial charge in [0.05, 0.1) is 24.6 Å². The highest BCUT2D eigenvalue weighted by Gasteiger charge is 2.16. The Hall–Kier alpha value is -2.70. The maximum Gasteiger partial charge on any atom is 0.276 e. The largest absolute Gasteiger partial charge is 0.489 e. The first-order chi connectivity index (χ1) is 10.1. The van der Waals surface area contributed by atoms with E-state index in [4.69, 9.17) is 15.2 Å². The number of rotatable bonds is 2. The van der Waals surface area contributed by atoms with E-state index in [1.54, 1.807) is 36.1 Å². The molecule has 0 saturated carbocycles. The Labute approximate surface area is 121 Å². The number of nitrogens with two attached hydrogens (primary N) is 1. The van der Waals surface area contributed by atoms with Gasteiger partial charge in [0.1, 0.15) is 0 Å². The average molecular weight is 288 g/mol. The Kier molecular flexibility index (Phi) is 3.39. The SMILES string of the molecule is Cn1ccc(C(=O)Nc2cc3c(cc2N)OCCCO3)n1. The average Bonchev–Trinajstić information content (AvgIpc) is 2.76. The molecule has 3 N–H and O–H groups in total. The first-order valence-corrected chi connectivity index (χ1v) is 6.63. The lowest BCUT2D eigenvalue weighted by Crippen LogP contribution is -2.14. The Morgan fingerprint density at radius 1 is 1.33 bits per heavy atom. The highest BCUT2D eigenvalue weighted by Crippen LogP contribution is 2.36. The van der Waals surface area contributed by atoms with Crippen LogP contribution in [-0.4, -0.2) is 28.9 Å². The number of fused-ring (bicyclic) bond motifs is 1. The molecule has 0 aliphatic carbocycles. The van der Waals surface area contributed by atoms with Gasteiger partial charge in [-0.2, -0.15) is 5.10 Å². The van der Waals surface area contributed by atoms with Crippen LogP contribution in [-0.2, 0) is 7.05 Å². The van der Waals surface area contributed by atoms with Crippen LogP contribution in [0.5, 0.6) is 11.5 Å². The summed E-state index contributed by atoms with van der Waals surface area (Å²) in [5.41, 5.74) is 7.18. The lowest BCUT2D eigenvalue weighted by Gasteiger charge is -2.12. The van der Waals surface area contributed by atoms with Crippen molar-refractivity contribution in [2.24, 2.45) is 7.05 Å². The highest BCUT2D eigenvalue weighted by atomic mass is 16.5. The molecule has 0 saturated heterocycles. The van der Waals surface area contributed by atoms with Crippen LogP contribution < -0.4 is 20.5 Å². The number of hydrogen-bond donors (Lipinski definition) is 2. The summed E-state index contributed by atoms with van der Waals surface area (Å²) in [7, 11) is 1.75. The second-order valence-electron chi connectivity index (χ2n) is 4.77. The van der Waals surface area contributed by atoms with Crippen molar-refractivity contribution in [1.82, 2.24) is 9.78 Å². The number of carbonyl (C=O) groups is 1. The molecule has 0 atom stereocenters. The van der Waals surface area contributed by atoms with Gasteiger partial charge in [-0.15, -0.1) is 0 Å². The van der Waals surface area contributed by atoms with E-state index < -0.39 is 0 Å². The zero-order valence-corrected chi connectivity index (χ0v) is 11.6. The molecule has 1 aliphatic rings. The lowest BCUT2D eigenvalue weighted by molar-refractivity contribution is 0.102. The predicted molar refractivity (Wildman–Crippen MR) is 77.6 cm³/mol. The number of nitrogens with one attached hydrogen (secondary N) is 1. The van der Waals surface area contributed by atoms with Crippen LogP contribution in [0.15, 0.2) is 24.4 Å². The van der Waals surface area contributed by atoms with E-state index in [-0.39, 0.29) is 5.91 Å². The second kappa shape index (κ2) is 5.35. The van der Waals surface area contributed by atoms with Crippen LogP contribution in [0.4, 0.5) is 11.4 Å². The Balaban J connectivity index is 1.85. The number of amides is 1. The van der Waals surface area contributed by atoms with Crippen molar-refractivity contribution in [3.8, 4) is 11.5 Å². The molecule has 0 unspecified atom stereocenters. The van der Waals surface area contributed by atoms with Crippen molar-refractivity contribution in [2.75, 3.05) is 24.3 Å². The first kappa shape index (κ1) is 13.3. The van der Waals surface area contributed by atoms with Gasteiger partial charge < -0.3 is 20.5 Å². The van der Waals surface area contributed by atoms with Crippen LogP contribution in [0.1, 0.15) is 16.9 Å². The van der Waals surface area contributed by atoms with E-state index in [0.717, 1.165) is 6.42 Å². The van der Waals surface area contributed by atoms with Crippen molar-refractivity contribution in [3.05, 3.63) is 30.1 Å². The molecule has 1 aromatic heterocycles. The standard InChI is InChI=1S/C14H16N4O3/c1-18-4-3-10(17-18)14(19)16-11-8-13-12(7-9(11)15)20-5-2-6-21-13/h3-4,7-8H,2,5-6,15H2,1H3,(H,16,19). The summed E-state index contributed by atoms with van der Waals surface area (Å²) < 4.78 is 12.7. The summed E-state index contributed by atoms with van der Waals surface area (Å²) in [6.45, 7) is 1.16. The number of carbonyl (C=O) groups excluding carboxylic acids is 1. The Morgan fingerprint density at radius 2 is 2.05 bits per heavy atom. The van der Waals surface area contributed by atoms with E-state index >= 15 is 0 Å². The molecule has 1 amide bonds. The minimum atomic E-state index is -0.322. The number of anilines is 2. The first-order valence-electron chi connectivity index (χ1n) is 6.63. The van der Waals surface area contributed by atoms with Gasteiger partial charge in [0, 0.05) is 31.8 Å². The fourth-order valence-electron chi connectivity index (χ4n) is 2.06. The molecule has 0 bridgehead atoms.